The SMILES string of the molecule is CCN(Cc1ccc(C(F)(F)F)cc1F)c1ncnc(NC[C@]2(O)CCN(CC(N)=O)C[C@@H]2O)c1F. The first-order valence-corrected chi connectivity index (χ1v) is 11.1. The first-order chi connectivity index (χ1) is 16.8. The number of anilines is 2. The highest BCUT2D eigenvalue weighted by Crippen LogP contribution is 2.31. The van der Waals surface area contributed by atoms with Gasteiger partial charge in [0.2, 0.25) is 11.7 Å². The highest BCUT2D eigenvalue weighted by molar-refractivity contribution is 5.75. The van der Waals surface area contributed by atoms with Crippen LogP contribution in [-0.4, -0.2) is 75.4 Å². The number of nitrogens with two attached hydrogens (primary N) is 1. The molecule has 2 atom stereocenters. The fourth-order valence-corrected chi connectivity index (χ4v) is 3.93. The average Bonchev–Trinajstić information content (AvgIpc) is 2.79. The zero-order valence-electron chi connectivity index (χ0n) is 19.4. The van der Waals surface area contributed by atoms with Gasteiger partial charge in [0.25, 0.3) is 0 Å². The maximum Gasteiger partial charge on any atom is 0.416 e. The van der Waals surface area contributed by atoms with Crippen molar-refractivity contribution < 1.29 is 37.0 Å². The van der Waals surface area contributed by atoms with Crippen LogP contribution >= 0.6 is 0 Å². The lowest BCUT2D eigenvalue weighted by atomic mass is 9.88. The van der Waals surface area contributed by atoms with Crippen LogP contribution in [0.5, 0.6) is 0 Å². The van der Waals surface area contributed by atoms with Crippen LogP contribution in [0.1, 0.15) is 24.5 Å². The zero-order chi connectivity index (χ0) is 26.7. The molecule has 0 bridgehead atoms. The molecule has 2 heterocycles. The van der Waals surface area contributed by atoms with Crippen molar-refractivity contribution in [3.05, 3.63) is 47.3 Å². The summed E-state index contributed by atoms with van der Waals surface area (Å²) in [5.41, 5.74) is 2.30. The van der Waals surface area contributed by atoms with Gasteiger partial charge >= 0.3 is 6.18 Å². The molecule has 0 spiro atoms. The minimum Gasteiger partial charge on any atom is -0.389 e. The minimum absolute atomic E-state index is 0.0130. The minimum atomic E-state index is -4.70. The molecule has 14 heteroatoms. The van der Waals surface area contributed by atoms with E-state index in [4.69, 9.17) is 5.73 Å². The van der Waals surface area contributed by atoms with Crippen molar-refractivity contribution in [2.45, 2.75) is 37.8 Å². The number of aromatic nitrogens is 2. The van der Waals surface area contributed by atoms with Gasteiger partial charge in [0.15, 0.2) is 11.6 Å². The van der Waals surface area contributed by atoms with Gasteiger partial charge in [0, 0.05) is 38.3 Å². The Balaban J connectivity index is 1.72. The number of nitrogens with one attached hydrogen (secondary N) is 1. The molecule has 1 amide bonds. The number of aliphatic hydroxyl groups excluding tert-OH is 1. The van der Waals surface area contributed by atoms with Crippen molar-refractivity contribution in [1.29, 1.82) is 0 Å². The molecule has 198 valence electrons. The molecule has 0 unspecified atom stereocenters. The molecule has 0 aliphatic carbocycles. The van der Waals surface area contributed by atoms with Crippen molar-refractivity contribution in [3.63, 3.8) is 0 Å². The lowest BCUT2D eigenvalue weighted by molar-refractivity contribution is -0.137. The van der Waals surface area contributed by atoms with Crippen LogP contribution in [0.2, 0.25) is 0 Å². The summed E-state index contributed by atoms with van der Waals surface area (Å²) in [6.07, 6.45) is -4.83. The van der Waals surface area contributed by atoms with E-state index in [0.29, 0.717) is 6.07 Å². The summed E-state index contributed by atoms with van der Waals surface area (Å²) in [5, 5.41) is 23.9. The molecule has 1 aromatic heterocycles. The van der Waals surface area contributed by atoms with Crippen LogP contribution in [0.25, 0.3) is 0 Å². The fraction of sp³-hybridized carbons (Fsp3) is 0.500. The Morgan fingerprint density at radius 3 is 2.64 bits per heavy atom. The van der Waals surface area contributed by atoms with Crippen LogP contribution in [0, 0.1) is 11.6 Å². The van der Waals surface area contributed by atoms with E-state index in [2.05, 4.69) is 15.3 Å². The molecular weight excluding hydrogens is 491 g/mol. The number of benzene rings is 1. The van der Waals surface area contributed by atoms with Gasteiger partial charge in [0.1, 0.15) is 17.7 Å². The van der Waals surface area contributed by atoms with Crippen LogP contribution in [0.4, 0.5) is 33.6 Å². The number of likely N-dealkylation sites (tertiary alicyclic amines) is 1. The van der Waals surface area contributed by atoms with Crippen LogP contribution in [-0.2, 0) is 17.5 Å². The molecule has 1 aliphatic heterocycles. The predicted molar refractivity (Wildman–Crippen MR) is 120 cm³/mol. The molecule has 5 N–H and O–H groups in total. The maximum atomic E-state index is 15.2. The quantitative estimate of drug-likeness (QED) is 0.368. The number of carbonyl (C=O) groups is 1. The van der Waals surface area contributed by atoms with Crippen molar-refractivity contribution >= 4 is 17.5 Å². The molecule has 9 nitrogen and oxygen atoms in total. The molecule has 1 saturated heterocycles. The topological polar surface area (TPSA) is 128 Å². The Kier molecular flexibility index (Phi) is 8.31. The average molecular weight is 518 g/mol. The van der Waals surface area contributed by atoms with Gasteiger partial charge in [-0.25, -0.2) is 14.4 Å². The normalized spacial score (nSPS) is 20.8. The van der Waals surface area contributed by atoms with E-state index in [-0.39, 0.29) is 62.9 Å². The summed E-state index contributed by atoms with van der Waals surface area (Å²) in [6.45, 7) is 1.44. The number of piperidine rings is 1. The lowest BCUT2D eigenvalue weighted by Gasteiger charge is -2.41. The molecule has 1 fully saturated rings. The van der Waals surface area contributed by atoms with Crippen LogP contribution in [0.15, 0.2) is 24.5 Å². The highest BCUT2D eigenvalue weighted by Gasteiger charge is 2.41. The smallest absolute Gasteiger partial charge is 0.389 e. The van der Waals surface area contributed by atoms with Gasteiger partial charge in [-0.3, -0.25) is 9.69 Å². The molecule has 0 radical (unpaired) electrons. The number of amides is 1. The summed E-state index contributed by atoms with van der Waals surface area (Å²) in [5.74, 6) is -3.09. The van der Waals surface area contributed by atoms with E-state index in [1.165, 1.54) is 4.90 Å². The zero-order valence-corrected chi connectivity index (χ0v) is 19.4. The second-order valence-corrected chi connectivity index (χ2v) is 8.60. The van der Waals surface area contributed by atoms with E-state index in [1.54, 1.807) is 11.8 Å². The summed E-state index contributed by atoms with van der Waals surface area (Å²) in [6, 6.07) is 2.12. The first-order valence-electron chi connectivity index (χ1n) is 11.1. The third-order valence-corrected chi connectivity index (χ3v) is 6.05. The summed E-state index contributed by atoms with van der Waals surface area (Å²) < 4.78 is 68.0. The molecule has 1 aromatic carbocycles. The van der Waals surface area contributed by atoms with E-state index in [9.17, 15) is 32.6 Å². The number of halogens is 5. The van der Waals surface area contributed by atoms with E-state index in [1.807, 2.05) is 0 Å². The van der Waals surface area contributed by atoms with Crippen LogP contribution < -0.4 is 16.0 Å². The van der Waals surface area contributed by atoms with Crippen molar-refractivity contribution in [3.8, 4) is 0 Å². The monoisotopic (exact) mass is 518 g/mol. The van der Waals surface area contributed by atoms with E-state index in [0.717, 1.165) is 18.5 Å². The largest absolute Gasteiger partial charge is 0.416 e. The van der Waals surface area contributed by atoms with Gasteiger partial charge in [-0.1, -0.05) is 6.07 Å². The third kappa shape index (κ3) is 6.36. The molecular formula is C22H27F5N6O3. The predicted octanol–water partition coefficient (Wildman–Crippen LogP) is 1.49. The molecule has 1 aliphatic rings. The Morgan fingerprint density at radius 2 is 2.06 bits per heavy atom. The number of hydrogen-bond donors (Lipinski definition) is 4. The summed E-state index contributed by atoms with van der Waals surface area (Å²) >= 11 is 0. The number of primary amides is 1. The van der Waals surface area contributed by atoms with Gasteiger partial charge in [-0.2, -0.15) is 17.6 Å². The Hall–Kier alpha value is -3.10. The number of nitrogens with zero attached hydrogens (tertiary/aromatic N) is 4. The first kappa shape index (κ1) is 27.5. The Labute approximate surface area is 203 Å². The number of rotatable bonds is 9. The van der Waals surface area contributed by atoms with E-state index >= 15 is 4.39 Å². The summed E-state index contributed by atoms with van der Waals surface area (Å²) in [7, 11) is 0. The number of alkyl halides is 3. The Bertz CT molecular complexity index is 1090. The van der Waals surface area contributed by atoms with Gasteiger partial charge in [0.05, 0.1) is 18.2 Å². The summed E-state index contributed by atoms with van der Waals surface area (Å²) in [4.78, 5) is 21.7. The van der Waals surface area contributed by atoms with Gasteiger partial charge in [-0.05, 0) is 25.5 Å². The molecule has 3 rings (SSSR count). The van der Waals surface area contributed by atoms with Crippen LogP contribution in [0.3, 0.4) is 0 Å². The molecule has 0 saturated carbocycles. The number of β-amino-alcohol motifs (C(OH)–C–C–N with tert-alkyl or cyclic N) is 1. The lowest BCUT2D eigenvalue weighted by Crippen LogP contribution is -2.59. The van der Waals surface area contributed by atoms with Gasteiger partial charge < -0.3 is 26.2 Å². The van der Waals surface area contributed by atoms with Crippen molar-refractivity contribution in [2.24, 2.45) is 5.73 Å². The number of hydrogen-bond acceptors (Lipinski definition) is 8. The second-order valence-electron chi connectivity index (χ2n) is 8.60. The maximum absolute atomic E-state index is 15.2. The molecule has 2 aromatic rings. The number of carbonyl (C=O) groups excluding carboxylic acids is 1. The van der Waals surface area contributed by atoms with Gasteiger partial charge in [-0.15, -0.1) is 0 Å². The van der Waals surface area contributed by atoms with Crippen molar-refractivity contribution in [2.75, 3.05) is 42.9 Å². The molecule has 36 heavy (non-hydrogen) atoms. The van der Waals surface area contributed by atoms with E-state index < -0.39 is 41.0 Å². The third-order valence-electron chi connectivity index (χ3n) is 6.05. The second kappa shape index (κ2) is 10.9. The Morgan fingerprint density at radius 1 is 1.33 bits per heavy atom. The highest BCUT2D eigenvalue weighted by atomic mass is 19.4. The van der Waals surface area contributed by atoms with Crippen molar-refractivity contribution in [1.82, 2.24) is 14.9 Å². The number of aliphatic hydroxyl groups is 2. The fourth-order valence-electron chi connectivity index (χ4n) is 3.93. The standard InChI is InChI=1S/C22H27F5N6O3/c1-2-33(8-13-3-4-14(7-15(13)23)22(25,26)27)20-18(24)19(30-12-31-20)29-11-21(36)5-6-32(9-16(21)34)10-17(28)35/h3-4,7,12,16,34,36H,2,5-6,8-11H2,1H3,(H2,28,35)(H,29,30,31)/t16-,21+/m0/s1.